The Hall–Kier alpha value is -2.42. The van der Waals surface area contributed by atoms with Crippen molar-refractivity contribution in [1.29, 1.82) is 5.26 Å². The average Bonchev–Trinajstić information content (AvgIpc) is 2.61. The van der Waals surface area contributed by atoms with Crippen LogP contribution in [0.3, 0.4) is 0 Å². The highest BCUT2D eigenvalue weighted by atomic mass is 16.5. The zero-order valence-electron chi connectivity index (χ0n) is 13.0. The smallest absolute Gasteiger partial charge is 0.144 e. The number of hydrogen-bond acceptors (Lipinski definition) is 5. The summed E-state index contributed by atoms with van der Waals surface area (Å²) in [6, 6.07) is 14.2. The Labute approximate surface area is 136 Å². The maximum Gasteiger partial charge on any atom is 0.144 e. The lowest BCUT2D eigenvalue weighted by atomic mass is 10.1. The third kappa shape index (κ3) is 4.28. The van der Waals surface area contributed by atoms with Gasteiger partial charge in [0.1, 0.15) is 11.9 Å². The lowest BCUT2D eigenvalue weighted by Crippen LogP contribution is -2.35. The van der Waals surface area contributed by atoms with E-state index < -0.39 is 0 Å². The monoisotopic (exact) mass is 308 g/mol. The Kier molecular flexibility index (Phi) is 5.20. The number of aromatic nitrogens is 1. The molecule has 0 atom stereocenters. The number of nitriles is 1. The lowest BCUT2D eigenvalue weighted by molar-refractivity contribution is 0.0342. The molecule has 1 aliphatic rings. The molecule has 1 aliphatic heterocycles. The van der Waals surface area contributed by atoms with E-state index in [1.54, 1.807) is 18.3 Å². The van der Waals surface area contributed by atoms with Crippen LogP contribution in [0.2, 0.25) is 0 Å². The molecule has 0 spiro atoms. The summed E-state index contributed by atoms with van der Waals surface area (Å²) in [5.74, 6) is 0.633. The van der Waals surface area contributed by atoms with Crippen LogP contribution in [-0.2, 0) is 17.8 Å². The molecule has 0 saturated carbocycles. The van der Waals surface area contributed by atoms with Crippen molar-refractivity contribution < 1.29 is 4.74 Å². The fraction of sp³-hybridized carbons (Fsp3) is 0.333. The van der Waals surface area contributed by atoms with Crippen molar-refractivity contribution >= 4 is 5.82 Å². The second-order valence-corrected chi connectivity index (χ2v) is 5.57. The minimum absolute atomic E-state index is 0.567. The first-order valence-corrected chi connectivity index (χ1v) is 7.82. The van der Waals surface area contributed by atoms with Crippen LogP contribution in [0, 0.1) is 11.3 Å². The first-order valence-electron chi connectivity index (χ1n) is 7.82. The molecular formula is C18H20N4O. The van der Waals surface area contributed by atoms with Crippen molar-refractivity contribution in [3.8, 4) is 6.07 Å². The molecule has 118 valence electrons. The topological polar surface area (TPSA) is 61.2 Å². The van der Waals surface area contributed by atoms with Crippen LogP contribution >= 0.6 is 0 Å². The molecule has 0 radical (unpaired) electrons. The predicted molar refractivity (Wildman–Crippen MR) is 88.8 cm³/mol. The highest BCUT2D eigenvalue weighted by Crippen LogP contribution is 2.14. The van der Waals surface area contributed by atoms with E-state index in [2.05, 4.69) is 45.5 Å². The Bertz CT molecular complexity index is 689. The highest BCUT2D eigenvalue weighted by molar-refractivity contribution is 5.51. The summed E-state index contributed by atoms with van der Waals surface area (Å²) in [7, 11) is 0. The number of morpholine rings is 1. The lowest BCUT2D eigenvalue weighted by Gasteiger charge is -2.26. The molecule has 5 nitrogen and oxygen atoms in total. The number of anilines is 1. The number of hydrogen-bond donors (Lipinski definition) is 1. The molecule has 5 heteroatoms. The molecule has 0 aliphatic carbocycles. The van der Waals surface area contributed by atoms with E-state index >= 15 is 0 Å². The van der Waals surface area contributed by atoms with Gasteiger partial charge >= 0.3 is 0 Å². The van der Waals surface area contributed by atoms with Gasteiger partial charge in [0.25, 0.3) is 0 Å². The first-order chi connectivity index (χ1) is 11.3. The van der Waals surface area contributed by atoms with Crippen molar-refractivity contribution in [2.24, 2.45) is 0 Å². The highest BCUT2D eigenvalue weighted by Gasteiger charge is 2.10. The second-order valence-electron chi connectivity index (χ2n) is 5.57. The van der Waals surface area contributed by atoms with Crippen LogP contribution in [0.5, 0.6) is 0 Å². The second kappa shape index (κ2) is 7.73. The van der Waals surface area contributed by atoms with Gasteiger partial charge < -0.3 is 10.1 Å². The Morgan fingerprint density at radius 2 is 2.00 bits per heavy atom. The fourth-order valence-corrected chi connectivity index (χ4v) is 2.68. The van der Waals surface area contributed by atoms with Crippen molar-refractivity contribution in [2.45, 2.75) is 13.1 Å². The Morgan fingerprint density at radius 3 is 2.83 bits per heavy atom. The molecule has 1 aromatic carbocycles. The molecule has 3 rings (SSSR count). The van der Waals surface area contributed by atoms with Crippen molar-refractivity contribution in [3.05, 3.63) is 59.3 Å². The summed E-state index contributed by atoms with van der Waals surface area (Å²) < 4.78 is 5.39. The Balaban J connectivity index is 1.62. The summed E-state index contributed by atoms with van der Waals surface area (Å²) in [4.78, 5) is 6.63. The number of pyridine rings is 1. The molecule has 1 saturated heterocycles. The van der Waals surface area contributed by atoms with Crippen molar-refractivity contribution in [2.75, 3.05) is 31.6 Å². The van der Waals surface area contributed by atoms with Crippen LogP contribution in [0.15, 0.2) is 42.6 Å². The molecule has 0 amide bonds. The molecule has 1 fully saturated rings. The molecular weight excluding hydrogens is 288 g/mol. The molecule has 0 unspecified atom stereocenters. The van der Waals surface area contributed by atoms with Gasteiger partial charge in [-0.05, 0) is 23.3 Å². The Morgan fingerprint density at radius 1 is 1.17 bits per heavy atom. The van der Waals surface area contributed by atoms with E-state index in [0.29, 0.717) is 17.9 Å². The number of ether oxygens (including phenoxy) is 1. The average molecular weight is 308 g/mol. The largest absolute Gasteiger partial charge is 0.379 e. The van der Waals surface area contributed by atoms with Gasteiger partial charge in [-0.2, -0.15) is 5.26 Å². The van der Waals surface area contributed by atoms with E-state index in [4.69, 9.17) is 10.00 Å². The van der Waals surface area contributed by atoms with E-state index in [-0.39, 0.29) is 0 Å². The zero-order valence-corrected chi connectivity index (χ0v) is 13.0. The van der Waals surface area contributed by atoms with Crippen LogP contribution in [0.25, 0.3) is 0 Å². The van der Waals surface area contributed by atoms with E-state index in [1.165, 1.54) is 11.1 Å². The minimum atomic E-state index is 0.567. The van der Waals surface area contributed by atoms with E-state index in [0.717, 1.165) is 32.8 Å². The van der Waals surface area contributed by atoms with Gasteiger partial charge in [-0.3, -0.25) is 4.90 Å². The SMILES string of the molecule is N#Cc1cccnc1NCc1cccc(CN2CCOCC2)c1. The molecule has 0 bridgehead atoms. The maximum absolute atomic E-state index is 9.10. The number of rotatable bonds is 5. The number of benzene rings is 1. The quantitative estimate of drug-likeness (QED) is 0.919. The zero-order chi connectivity index (χ0) is 15.9. The van der Waals surface area contributed by atoms with Gasteiger partial charge in [0.15, 0.2) is 0 Å². The van der Waals surface area contributed by atoms with Crippen LogP contribution < -0.4 is 5.32 Å². The number of nitrogens with zero attached hydrogens (tertiary/aromatic N) is 3. The number of nitrogens with one attached hydrogen (secondary N) is 1. The van der Waals surface area contributed by atoms with E-state index in [1.807, 2.05) is 0 Å². The molecule has 1 N–H and O–H groups in total. The summed E-state index contributed by atoms with van der Waals surface area (Å²) >= 11 is 0. The minimum Gasteiger partial charge on any atom is -0.379 e. The van der Waals surface area contributed by atoms with Crippen LogP contribution in [0.4, 0.5) is 5.82 Å². The van der Waals surface area contributed by atoms with Crippen LogP contribution in [0.1, 0.15) is 16.7 Å². The van der Waals surface area contributed by atoms with Crippen molar-refractivity contribution in [3.63, 3.8) is 0 Å². The van der Waals surface area contributed by atoms with E-state index in [9.17, 15) is 0 Å². The van der Waals surface area contributed by atoms with Crippen molar-refractivity contribution in [1.82, 2.24) is 9.88 Å². The van der Waals surface area contributed by atoms with Gasteiger partial charge in [-0.1, -0.05) is 24.3 Å². The predicted octanol–water partition coefficient (Wildman–Crippen LogP) is 2.40. The summed E-state index contributed by atoms with van der Waals surface area (Å²) in [6.07, 6.45) is 1.69. The maximum atomic E-state index is 9.10. The van der Waals surface area contributed by atoms with Gasteiger partial charge in [-0.25, -0.2) is 4.98 Å². The summed E-state index contributed by atoms with van der Waals surface area (Å²) in [5, 5.41) is 12.3. The molecule has 1 aromatic heterocycles. The summed E-state index contributed by atoms with van der Waals surface area (Å²) in [6.45, 7) is 5.21. The van der Waals surface area contributed by atoms with Crippen LogP contribution in [-0.4, -0.2) is 36.2 Å². The molecule has 23 heavy (non-hydrogen) atoms. The van der Waals surface area contributed by atoms with Gasteiger partial charge in [0, 0.05) is 32.4 Å². The van der Waals surface area contributed by atoms with Gasteiger partial charge in [0.2, 0.25) is 0 Å². The third-order valence-corrected chi connectivity index (χ3v) is 3.89. The molecule has 2 aromatic rings. The summed E-state index contributed by atoms with van der Waals surface area (Å²) in [5.41, 5.74) is 3.05. The fourth-order valence-electron chi connectivity index (χ4n) is 2.68. The third-order valence-electron chi connectivity index (χ3n) is 3.89. The van der Waals surface area contributed by atoms with Gasteiger partial charge in [0.05, 0.1) is 18.8 Å². The first kappa shape index (κ1) is 15.5. The normalized spacial score (nSPS) is 15.1. The molecule has 2 heterocycles. The standard InChI is InChI=1S/C18H20N4O/c19-12-17-5-2-6-20-18(17)21-13-15-3-1-4-16(11-15)14-22-7-9-23-10-8-22/h1-6,11H,7-10,13-14H2,(H,20,21). The van der Waals surface area contributed by atoms with Gasteiger partial charge in [-0.15, -0.1) is 0 Å².